The molecular formula is C16H19BrN2O2. The summed E-state index contributed by atoms with van der Waals surface area (Å²) < 4.78 is 2.93. The van der Waals surface area contributed by atoms with Crippen molar-refractivity contribution in [2.24, 2.45) is 0 Å². The molecule has 0 saturated heterocycles. The molecule has 0 amide bonds. The van der Waals surface area contributed by atoms with E-state index >= 15 is 0 Å². The third kappa shape index (κ3) is 3.18. The molecule has 1 heterocycles. The van der Waals surface area contributed by atoms with Crippen molar-refractivity contribution in [1.29, 1.82) is 0 Å². The van der Waals surface area contributed by atoms with Crippen LogP contribution in [0.4, 0.5) is 0 Å². The lowest BCUT2D eigenvalue weighted by atomic mass is 10.1. The maximum absolute atomic E-state index is 11.1. The van der Waals surface area contributed by atoms with Crippen LogP contribution in [-0.2, 0) is 24.1 Å². The van der Waals surface area contributed by atoms with Gasteiger partial charge in [-0.2, -0.15) is 5.10 Å². The number of halogens is 1. The van der Waals surface area contributed by atoms with Crippen molar-refractivity contribution in [2.45, 2.75) is 40.0 Å². The molecule has 0 saturated carbocycles. The van der Waals surface area contributed by atoms with E-state index in [2.05, 4.69) is 21.0 Å². The zero-order valence-electron chi connectivity index (χ0n) is 12.5. The third-order valence-electron chi connectivity index (χ3n) is 3.56. The average molecular weight is 351 g/mol. The maximum Gasteiger partial charge on any atom is 0.307 e. The number of carbonyl (C=O) groups is 1. The Hall–Kier alpha value is -1.62. The second-order valence-electron chi connectivity index (χ2n) is 4.99. The molecule has 0 unspecified atom stereocenters. The van der Waals surface area contributed by atoms with Gasteiger partial charge in [-0.1, -0.05) is 29.8 Å². The number of hydrogen-bond acceptors (Lipinski definition) is 2. The van der Waals surface area contributed by atoms with Gasteiger partial charge in [0.1, 0.15) is 0 Å². The van der Waals surface area contributed by atoms with Crippen LogP contribution in [0.15, 0.2) is 22.7 Å². The van der Waals surface area contributed by atoms with E-state index in [4.69, 9.17) is 5.11 Å². The van der Waals surface area contributed by atoms with Gasteiger partial charge in [0, 0.05) is 15.7 Å². The Bertz CT molecular complexity index is 677. The standard InChI is InChI=1S/C16H19BrN2O2/c1-4-13-12(9-16(20)21)14(5-2)19(18-13)15-7-6-11(17)8-10(15)3/h6-8H,4-5,9H2,1-3H3,(H,20,21). The molecule has 0 spiro atoms. The van der Waals surface area contributed by atoms with Crippen molar-refractivity contribution in [1.82, 2.24) is 9.78 Å². The second-order valence-corrected chi connectivity index (χ2v) is 5.91. The van der Waals surface area contributed by atoms with Crippen molar-refractivity contribution >= 4 is 21.9 Å². The molecule has 1 aromatic heterocycles. The number of aromatic nitrogens is 2. The van der Waals surface area contributed by atoms with Gasteiger partial charge in [0.15, 0.2) is 0 Å². The highest BCUT2D eigenvalue weighted by Crippen LogP contribution is 2.25. The molecule has 5 heteroatoms. The highest BCUT2D eigenvalue weighted by atomic mass is 79.9. The predicted octanol–water partition coefficient (Wildman–Crippen LogP) is 3.70. The zero-order valence-corrected chi connectivity index (χ0v) is 14.1. The number of benzene rings is 1. The average Bonchev–Trinajstić information content (AvgIpc) is 2.75. The van der Waals surface area contributed by atoms with Crippen LogP contribution in [0.5, 0.6) is 0 Å². The van der Waals surface area contributed by atoms with Gasteiger partial charge in [-0.25, -0.2) is 4.68 Å². The highest BCUT2D eigenvalue weighted by molar-refractivity contribution is 9.10. The Balaban J connectivity index is 2.63. The zero-order chi connectivity index (χ0) is 15.6. The first-order chi connectivity index (χ1) is 9.97. The summed E-state index contributed by atoms with van der Waals surface area (Å²) in [6.45, 7) is 6.07. The minimum atomic E-state index is -0.813. The summed E-state index contributed by atoms with van der Waals surface area (Å²) in [7, 11) is 0. The quantitative estimate of drug-likeness (QED) is 0.894. The molecule has 2 aromatic rings. The molecule has 1 aromatic carbocycles. The number of nitrogens with zero attached hydrogens (tertiary/aromatic N) is 2. The molecule has 0 aliphatic carbocycles. The number of rotatable bonds is 5. The molecule has 112 valence electrons. The van der Waals surface area contributed by atoms with Crippen LogP contribution in [0.2, 0.25) is 0 Å². The fourth-order valence-corrected chi connectivity index (χ4v) is 3.07. The van der Waals surface area contributed by atoms with Gasteiger partial charge in [0.25, 0.3) is 0 Å². The van der Waals surface area contributed by atoms with Crippen molar-refractivity contribution in [3.05, 3.63) is 45.2 Å². The molecular weight excluding hydrogens is 332 g/mol. The van der Waals surface area contributed by atoms with Crippen molar-refractivity contribution in [2.75, 3.05) is 0 Å². The Morgan fingerprint density at radius 2 is 2.05 bits per heavy atom. The van der Waals surface area contributed by atoms with Crippen molar-refractivity contribution in [3.63, 3.8) is 0 Å². The van der Waals surface area contributed by atoms with E-state index < -0.39 is 5.97 Å². The van der Waals surface area contributed by atoms with Crippen LogP contribution in [0.3, 0.4) is 0 Å². The summed E-state index contributed by atoms with van der Waals surface area (Å²) in [6.07, 6.45) is 1.52. The lowest BCUT2D eigenvalue weighted by molar-refractivity contribution is -0.136. The molecule has 0 bridgehead atoms. The second kappa shape index (κ2) is 6.43. The van der Waals surface area contributed by atoms with Gasteiger partial charge in [0.2, 0.25) is 0 Å². The van der Waals surface area contributed by atoms with Gasteiger partial charge in [-0.15, -0.1) is 0 Å². The van der Waals surface area contributed by atoms with E-state index in [9.17, 15) is 4.79 Å². The summed E-state index contributed by atoms with van der Waals surface area (Å²) in [4.78, 5) is 11.1. The van der Waals surface area contributed by atoms with Gasteiger partial charge in [0.05, 0.1) is 17.8 Å². The van der Waals surface area contributed by atoms with Gasteiger partial charge in [-0.05, 0) is 43.5 Å². The van der Waals surface area contributed by atoms with E-state index in [1.807, 2.05) is 43.7 Å². The minimum absolute atomic E-state index is 0.0297. The van der Waals surface area contributed by atoms with Crippen LogP contribution >= 0.6 is 15.9 Å². The Morgan fingerprint density at radius 1 is 1.33 bits per heavy atom. The molecule has 0 fully saturated rings. The first-order valence-corrected chi connectivity index (χ1v) is 7.85. The van der Waals surface area contributed by atoms with Gasteiger partial charge in [-0.3, -0.25) is 4.79 Å². The minimum Gasteiger partial charge on any atom is -0.481 e. The molecule has 0 radical (unpaired) electrons. The number of aliphatic carboxylic acids is 1. The first kappa shape index (κ1) is 15.8. The SMILES string of the molecule is CCc1nn(-c2ccc(Br)cc2C)c(CC)c1CC(=O)O. The number of hydrogen-bond donors (Lipinski definition) is 1. The van der Waals surface area contributed by atoms with Crippen LogP contribution in [0.1, 0.15) is 36.4 Å². The lowest BCUT2D eigenvalue weighted by Gasteiger charge is -2.10. The molecule has 0 aliphatic rings. The molecule has 1 N–H and O–H groups in total. The summed E-state index contributed by atoms with van der Waals surface area (Å²) in [5.74, 6) is -0.813. The van der Waals surface area contributed by atoms with E-state index in [1.54, 1.807) is 0 Å². The Kier molecular flexibility index (Phi) is 4.83. The van der Waals surface area contributed by atoms with Gasteiger partial charge >= 0.3 is 5.97 Å². The monoisotopic (exact) mass is 350 g/mol. The fraction of sp³-hybridized carbons (Fsp3) is 0.375. The maximum atomic E-state index is 11.1. The van der Waals surface area contributed by atoms with E-state index in [-0.39, 0.29) is 6.42 Å². The summed E-state index contributed by atoms with van der Waals surface area (Å²) in [6, 6.07) is 6.03. The topological polar surface area (TPSA) is 55.1 Å². The van der Waals surface area contributed by atoms with E-state index in [0.717, 1.165) is 45.5 Å². The number of carboxylic acids is 1. The van der Waals surface area contributed by atoms with Crippen LogP contribution in [0, 0.1) is 6.92 Å². The van der Waals surface area contributed by atoms with Crippen molar-refractivity contribution < 1.29 is 9.90 Å². The van der Waals surface area contributed by atoms with Crippen LogP contribution < -0.4 is 0 Å². The highest BCUT2D eigenvalue weighted by Gasteiger charge is 2.19. The number of aryl methyl sites for hydroxylation is 2. The predicted molar refractivity (Wildman–Crippen MR) is 86.1 cm³/mol. The molecule has 0 atom stereocenters. The smallest absolute Gasteiger partial charge is 0.307 e. The third-order valence-corrected chi connectivity index (χ3v) is 4.05. The Morgan fingerprint density at radius 3 is 2.57 bits per heavy atom. The molecule has 0 aliphatic heterocycles. The van der Waals surface area contributed by atoms with Crippen LogP contribution in [0.25, 0.3) is 5.69 Å². The largest absolute Gasteiger partial charge is 0.481 e. The number of carboxylic acid groups (broad SMARTS) is 1. The summed E-state index contributed by atoms with van der Waals surface area (Å²) >= 11 is 3.46. The summed E-state index contributed by atoms with van der Waals surface area (Å²) in [5.41, 5.74) is 4.82. The fourth-order valence-electron chi connectivity index (χ4n) is 2.59. The Labute approximate surface area is 132 Å². The lowest BCUT2D eigenvalue weighted by Crippen LogP contribution is -2.07. The van der Waals surface area contributed by atoms with Crippen molar-refractivity contribution in [3.8, 4) is 5.69 Å². The summed E-state index contributed by atoms with van der Waals surface area (Å²) in [5, 5.41) is 13.8. The normalized spacial score (nSPS) is 10.9. The van der Waals surface area contributed by atoms with Crippen LogP contribution in [-0.4, -0.2) is 20.9 Å². The van der Waals surface area contributed by atoms with E-state index in [0.29, 0.717) is 0 Å². The van der Waals surface area contributed by atoms with E-state index in [1.165, 1.54) is 0 Å². The molecule has 21 heavy (non-hydrogen) atoms. The molecule has 2 rings (SSSR count). The molecule has 4 nitrogen and oxygen atoms in total. The first-order valence-electron chi connectivity index (χ1n) is 7.05. The van der Waals surface area contributed by atoms with Gasteiger partial charge < -0.3 is 5.11 Å².